The average molecular weight is 327 g/mol. The lowest BCUT2D eigenvalue weighted by molar-refractivity contribution is 0.467. The third-order valence-electron chi connectivity index (χ3n) is 3.84. The monoisotopic (exact) mass is 327 g/mol. The van der Waals surface area contributed by atoms with Crippen LogP contribution in [0.2, 0.25) is 0 Å². The van der Waals surface area contributed by atoms with Gasteiger partial charge in [0.1, 0.15) is 28.6 Å². The zero-order valence-electron chi connectivity index (χ0n) is 13.5. The molecular formula is C17H17N3O4. The first-order chi connectivity index (χ1) is 11.4. The molecule has 1 aromatic carbocycles. The van der Waals surface area contributed by atoms with Gasteiger partial charge in [-0.2, -0.15) is 0 Å². The van der Waals surface area contributed by atoms with Crippen molar-refractivity contribution >= 4 is 17.1 Å². The van der Waals surface area contributed by atoms with E-state index in [-0.39, 0.29) is 28.7 Å². The molecule has 0 fully saturated rings. The molecule has 7 nitrogen and oxygen atoms in total. The Morgan fingerprint density at radius 3 is 2.46 bits per heavy atom. The fraction of sp³-hybridized carbons (Fsp3) is 0.235. The van der Waals surface area contributed by atoms with Crippen LogP contribution in [0.5, 0.6) is 0 Å². The molecule has 0 aliphatic carbocycles. The molecule has 0 amide bonds. The number of anilines is 3. The van der Waals surface area contributed by atoms with E-state index < -0.39 is 10.9 Å². The number of rotatable bonds is 5. The summed E-state index contributed by atoms with van der Waals surface area (Å²) in [6.45, 7) is 3.65. The van der Waals surface area contributed by atoms with Gasteiger partial charge in [0.15, 0.2) is 0 Å². The molecule has 0 saturated heterocycles. The minimum atomic E-state index is -0.647. The average Bonchev–Trinajstić information content (AvgIpc) is 3.00. The number of pyridine rings is 1. The Balaban J connectivity index is 1.88. The molecule has 24 heavy (non-hydrogen) atoms. The molecule has 0 spiro atoms. The smallest absolute Gasteiger partial charge is 0.273 e. The molecule has 2 heterocycles. The third-order valence-corrected chi connectivity index (χ3v) is 3.84. The summed E-state index contributed by atoms with van der Waals surface area (Å²) in [5, 5.41) is 5.74. The summed E-state index contributed by atoms with van der Waals surface area (Å²) in [7, 11) is 1.61. The van der Waals surface area contributed by atoms with Gasteiger partial charge in [-0.25, -0.2) is 0 Å². The Morgan fingerprint density at radius 1 is 1.08 bits per heavy atom. The predicted molar refractivity (Wildman–Crippen MR) is 91.8 cm³/mol. The summed E-state index contributed by atoms with van der Waals surface area (Å²) in [6, 6.07) is 6.57. The van der Waals surface area contributed by atoms with E-state index in [1.807, 2.05) is 19.9 Å². The topological polar surface area (TPSA) is 93.3 Å². The Bertz CT molecular complexity index is 1020. The molecule has 2 aromatic heterocycles. The minimum Gasteiger partial charge on any atom is -0.464 e. The second kappa shape index (κ2) is 5.84. The first kappa shape index (κ1) is 15.8. The van der Waals surface area contributed by atoms with Gasteiger partial charge in [0, 0.05) is 13.2 Å². The Labute approximate surface area is 137 Å². The van der Waals surface area contributed by atoms with Gasteiger partial charge in [-0.3, -0.25) is 14.4 Å². The first-order valence-electron chi connectivity index (χ1n) is 7.47. The van der Waals surface area contributed by atoms with E-state index in [0.717, 1.165) is 5.76 Å². The minimum absolute atomic E-state index is 0.0958. The molecule has 0 aliphatic heterocycles. The van der Waals surface area contributed by atoms with Crippen molar-refractivity contribution < 1.29 is 4.42 Å². The van der Waals surface area contributed by atoms with Gasteiger partial charge >= 0.3 is 0 Å². The molecule has 0 aliphatic rings. The van der Waals surface area contributed by atoms with Crippen LogP contribution in [0, 0.1) is 6.92 Å². The molecule has 124 valence electrons. The lowest BCUT2D eigenvalue weighted by atomic mass is 10.1. The van der Waals surface area contributed by atoms with E-state index >= 15 is 0 Å². The lowest BCUT2D eigenvalue weighted by Gasteiger charge is -2.18. The summed E-state index contributed by atoms with van der Waals surface area (Å²) in [6.07, 6.45) is 1.61. The van der Waals surface area contributed by atoms with E-state index in [4.69, 9.17) is 4.42 Å². The number of nitrogens with zero attached hydrogens (tertiary/aromatic N) is 1. The quantitative estimate of drug-likeness (QED) is 0.694. The zero-order chi connectivity index (χ0) is 17.4. The molecule has 2 N–H and O–H groups in total. The molecule has 7 heteroatoms. The third kappa shape index (κ3) is 2.64. The summed E-state index contributed by atoms with van der Waals surface area (Å²) in [5.41, 5.74) is -1.06. The fourth-order valence-corrected chi connectivity index (χ4v) is 2.45. The first-order valence-corrected chi connectivity index (χ1v) is 7.47. The van der Waals surface area contributed by atoms with Gasteiger partial charge in [-0.1, -0.05) is 0 Å². The van der Waals surface area contributed by atoms with Crippen molar-refractivity contribution in [2.45, 2.75) is 19.9 Å². The van der Waals surface area contributed by atoms with E-state index in [9.17, 15) is 14.4 Å². The van der Waals surface area contributed by atoms with Gasteiger partial charge < -0.3 is 19.6 Å². The highest BCUT2D eigenvalue weighted by atomic mass is 16.3. The molecule has 1 atom stereocenters. The van der Waals surface area contributed by atoms with E-state index in [0.29, 0.717) is 5.76 Å². The highest BCUT2D eigenvalue weighted by molar-refractivity contribution is 5.78. The summed E-state index contributed by atoms with van der Waals surface area (Å²) in [5.74, 6) is 1.41. The summed E-state index contributed by atoms with van der Waals surface area (Å²) in [4.78, 5) is 35.7. The van der Waals surface area contributed by atoms with Crippen molar-refractivity contribution in [3.8, 4) is 0 Å². The largest absolute Gasteiger partial charge is 0.464 e. The SMILES string of the molecule is Cc1ccc(C(C)Nc2c(Nc3cccn(C)c3=O)c(=O)c2=O)o1. The maximum atomic E-state index is 12.0. The molecule has 3 rings (SSSR count). The van der Waals surface area contributed by atoms with Crippen LogP contribution in [0.4, 0.5) is 17.1 Å². The van der Waals surface area contributed by atoms with Gasteiger partial charge in [-0.15, -0.1) is 0 Å². The number of furan rings is 1. The molecule has 0 radical (unpaired) electrons. The van der Waals surface area contributed by atoms with E-state index in [1.165, 1.54) is 4.57 Å². The number of nitrogens with one attached hydrogen (secondary N) is 2. The van der Waals surface area contributed by atoms with Crippen LogP contribution in [-0.2, 0) is 7.05 Å². The molecule has 0 bridgehead atoms. The maximum absolute atomic E-state index is 12.0. The Morgan fingerprint density at radius 2 is 1.79 bits per heavy atom. The molecule has 3 aromatic rings. The van der Waals surface area contributed by atoms with Crippen LogP contribution in [0.3, 0.4) is 0 Å². The molecular weight excluding hydrogens is 310 g/mol. The van der Waals surface area contributed by atoms with Crippen LogP contribution in [-0.4, -0.2) is 4.57 Å². The van der Waals surface area contributed by atoms with Crippen LogP contribution in [0.25, 0.3) is 0 Å². The van der Waals surface area contributed by atoms with Crippen molar-refractivity contribution in [1.82, 2.24) is 4.57 Å². The molecule has 0 saturated carbocycles. The van der Waals surface area contributed by atoms with Crippen LogP contribution < -0.4 is 27.1 Å². The predicted octanol–water partition coefficient (Wildman–Crippen LogP) is 1.80. The molecule has 1 unspecified atom stereocenters. The second-order valence-corrected chi connectivity index (χ2v) is 5.69. The lowest BCUT2D eigenvalue weighted by Crippen LogP contribution is -2.38. The maximum Gasteiger partial charge on any atom is 0.273 e. The van der Waals surface area contributed by atoms with Crippen molar-refractivity contribution in [1.29, 1.82) is 0 Å². The normalized spacial score (nSPS) is 12.3. The van der Waals surface area contributed by atoms with Crippen molar-refractivity contribution in [3.63, 3.8) is 0 Å². The van der Waals surface area contributed by atoms with Crippen molar-refractivity contribution in [3.05, 3.63) is 72.8 Å². The van der Waals surface area contributed by atoms with Gasteiger partial charge in [0.25, 0.3) is 16.4 Å². The highest BCUT2D eigenvalue weighted by Crippen LogP contribution is 2.25. The standard InChI is InChI=1S/C17H17N3O4/c1-9-6-7-12(24-9)10(2)18-13-14(16(22)15(13)21)19-11-5-4-8-20(3)17(11)23/h4-8,10,18-19H,1-3H3. The van der Waals surface area contributed by atoms with Crippen LogP contribution in [0.1, 0.15) is 24.5 Å². The Hall–Kier alpha value is -3.09. The van der Waals surface area contributed by atoms with Crippen LogP contribution >= 0.6 is 0 Å². The Kier molecular flexibility index (Phi) is 3.84. The van der Waals surface area contributed by atoms with Gasteiger partial charge in [0.05, 0.1) is 6.04 Å². The number of aryl methyl sites for hydroxylation is 2. The van der Waals surface area contributed by atoms with Crippen LogP contribution in [0.15, 0.2) is 49.3 Å². The fourth-order valence-electron chi connectivity index (χ4n) is 2.45. The number of hydrogen-bond donors (Lipinski definition) is 2. The zero-order valence-corrected chi connectivity index (χ0v) is 13.5. The number of aromatic nitrogens is 1. The summed E-state index contributed by atoms with van der Waals surface area (Å²) < 4.78 is 6.89. The highest BCUT2D eigenvalue weighted by Gasteiger charge is 2.24. The van der Waals surface area contributed by atoms with Gasteiger partial charge in [-0.05, 0) is 38.1 Å². The van der Waals surface area contributed by atoms with Crippen molar-refractivity contribution in [2.75, 3.05) is 10.6 Å². The number of hydrogen-bond acceptors (Lipinski definition) is 6. The van der Waals surface area contributed by atoms with Crippen molar-refractivity contribution in [2.24, 2.45) is 7.05 Å². The van der Waals surface area contributed by atoms with E-state index in [1.54, 1.807) is 31.4 Å². The van der Waals surface area contributed by atoms with E-state index in [2.05, 4.69) is 10.6 Å². The second-order valence-electron chi connectivity index (χ2n) is 5.69. The summed E-state index contributed by atoms with van der Waals surface area (Å²) >= 11 is 0. The van der Waals surface area contributed by atoms with Gasteiger partial charge in [0.2, 0.25) is 0 Å².